The minimum atomic E-state index is -0.983. The van der Waals surface area contributed by atoms with Crippen molar-refractivity contribution in [2.24, 2.45) is 0 Å². The van der Waals surface area contributed by atoms with Gasteiger partial charge in [-0.15, -0.1) is 0 Å². The van der Waals surface area contributed by atoms with Gasteiger partial charge in [0.05, 0.1) is 21.7 Å². The van der Waals surface area contributed by atoms with E-state index in [1.54, 1.807) is 19.9 Å². The Morgan fingerprint density at radius 3 is 2.23 bits per heavy atom. The average molecular weight is 418 g/mol. The molecule has 0 spiro atoms. The molecule has 1 aromatic rings. The number of aliphatic hydroxyl groups is 1. The fraction of sp³-hybridized carbons (Fsp3) is 0.727. The van der Waals surface area contributed by atoms with Gasteiger partial charge in [0.1, 0.15) is 5.69 Å². The van der Waals surface area contributed by atoms with Gasteiger partial charge in [0, 0.05) is 12.1 Å². The Hall–Kier alpha value is -1.64. The topological polar surface area (TPSA) is 93.9 Å². The quantitative estimate of drug-likeness (QED) is 0.410. The first kappa shape index (κ1) is 23.0. The summed E-state index contributed by atoms with van der Waals surface area (Å²) in [7, 11) is -0.644. The van der Waals surface area contributed by atoms with Crippen LogP contribution in [0.5, 0.6) is 0 Å². The molecule has 2 N–H and O–H groups in total. The molecule has 1 saturated heterocycles. The lowest BCUT2D eigenvalue weighted by atomic mass is 9.69. The highest BCUT2D eigenvalue weighted by molar-refractivity contribution is 6.63. The van der Waals surface area contributed by atoms with Gasteiger partial charge < -0.3 is 19.7 Å². The van der Waals surface area contributed by atoms with Gasteiger partial charge in [0.15, 0.2) is 0 Å². The van der Waals surface area contributed by atoms with E-state index in [4.69, 9.17) is 9.31 Å². The molecule has 1 saturated carbocycles. The van der Waals surface area contributed by atoms with E-state index >= 15 is 0 Å². The molecule has 8 heteroatoms. The number of anilines is 1. The second-order valence-corrected chi connectivity index (χ2v) is 10.3. The normalized spacial score (nSPS) is 21.6. The van der Waals surface area contributed by atoms with Crippen molar-refractivity contribution in [3.05, 3.63) is 27.8 Å². The van der Waals surface area contributed by atoms with Crippen LogP contribution in [0.2, 0.25) is 0 Å². The second kappa shape index (κ2) is 8.13. The van der Waals surface area contributed by atoms with Crippen LogP contribution in [0, 0.1) is 10.1 Å². The van der Waals surface area contributed by atoms with Crippen molar-refractivity contribution in [3.8, 4) is 0 Å². The van der Waals surface area contributed by atoms with Gasteiger partial charge in [0.25, 0.3) is 5.69 Å². The van der Waals surface area contributed by atoms with Gasteiger partial charge >= 0.3 is 7.12 Å². The highest BCUT2D eigenvalue weighted by atomic mass is 16.7. The second-order valence-electron chi connectivity index (χ2n) is 10.3. The predicted molar refractivity (Wildman–Crippen MR) is 119 cm³/mol. The van der Waals surface area contributed by atoms with Gasteiger partial charge in [-0.2, -0.15) is 0 Å². The molecule has 0 amide bonds. The molecule has 1 heterocycles. The Balaban J connectivity index is 2.10. The van der Waals surface area contributed by atoms with Crippen LogP contribution in [0.25, 0.3) is 0 Å². The van der Waals surface area contributed by atoms with Crippen LogP contribution in [0.15, 0.2) is 12.1 Å². The highest BCUT2D eigenvalue weighted by Gasteiger charge is 2.53. The van der Waals surface area contributed by atoms with Crippen molar-refractivity contribution in [2.75, 3.05) is 11.9 Å². The van der Waals surface area contributed by atoms with Crippen LogP contribution in [-0.4, -0.2) is 40.5 Å². The fourth-order valence-corrected chi connectivity index (χ4v) is 4.27. The number of nitrogens with zero attached hydrogens (tertiary/aromatic N) is 1. The van der Waals surface area contributed by atoms with Crippen molar-refractivity contribution in [1.29, 1.82) is 0 Å². The number of hydrogen-bond donors (Lipinski definition) is 2. The molecule has 0 radical (unpaired) electrons. The Morgan fingerprint density at radius 1 is 1.17 bits per heavy atom. The summed E-state index contributed by atoms with van der Waals surface area (Å²) in [6.45, 7) is 11.5. The number of nitro groups is 1. The standard InChI is InChI=1S/C22H35BN2O5/c1-20(2,26)14-24-17-13-12-16(23-29-21(3,4)22(5,6)30-23)18(19(17)25(27)28)15-10-8-7-9-11-15/h12-13,15,24,26H,7-11,14H2,1-6H3. The van der Waals surface area contributed by atoms with Crippen LogP contribution in [0.1, 0.15) is 85.1 Å². The molecule has 0 atom stereocenters. The van der Waals surface area contributed by atoms with Crippen LogP contribution in [-0.2, 0) is 9.31 Å². The molecule has 30 heavy (non-hydrogen) atoms. The lowest BCUT2D eigenvalue weighted by Crippen LogP contribution is -2.41. The zero-order chi connectivity index (χ0) is 22.3. The van der Waals surface area contributed by atoms with Crippen LogP contribution < -0.4 is 10.8 Å². The summed E-state index contributed by atoms with van der Waals surface area (Å²) in [5, 5.41) is 25.4. The van der Waals surface area contributed by atoms with Gasteiger partial charge in [0.2, 0.25) is 0 Å². The molecule has 1 aliphatic carbocycles. The van der Waals surface area contributed by atoms with Gasteiger partial charge in [-0.05, 0) is 71.8 Å². The number of rotatable bonds is 6. The lowest BCUT2D eigenvalue weighted by molar-refractivity contribution is -0.384. The minimum Gasteiger partial charge on any atom is -0.399 e. The number of benzene rings is 1. The molecule has 0 aromatic heterocycles. The van der Waals surface area contributed by atoms with Crippen LogP contribution >= 0.6 is 0 Å². The maximum Gasteiger partial charge on any atom is 0.495 e. The fourth-order valence-electron chi connectivity index (χ4n) is 4.27. The first-order valence-corrected chi connectivity index (χ1v) is 11.0. The highest BCUT2D eigenvalue weighted by Crippen LogP contribution is 2.42. The summed E-state index contributed by atoms with van der Waals surface area (Å²) >= 11 is 0. The monoisotopic (exact) mass is 418 g/mol. The largest absolute Gasteiger partial charge is 0.495 e. The van der Waals surface area contributed by atoms with Crippen molar-refractivity contribution in [3.63, 3.8) is 0 Å². The summed E-state index contributed by atoms with van der Waals surface area (Å²) in [5.41, 5.74) is -0.0350. The molecule has 7 nitrogen and oxygen atoms in total. The van der Waals surface area contributed by atoms with E-state index < -0.39 is 23.9 Å². The smallest absolute Gasteiger partial charge is 0.399 e. The zero-order valence-corrected chi connectivity index (χ0v) is 19.1. The summed E-state index contributed by atoms with van der Waals surface area (Å²) in [6.07, 6.45) is 5.12. The molecule has 2 fully saturated rings. The van der Waals surface area contributed by atoms with E-state index in [0.29, 0.717) is 5.69 Å². The zero-order valence-electron chi connectivity index (χ0n) is 19.1. The van der Waals surface area contributed by atoms with Crippen molar-refractivity contribution < 1.29 is 19.3 Å². The maximum absolute atomic E-state index is 12.3. The molecule has 1 aromatic carbocycles. The third kappa shape index (κ3) is 4.66. The van der Waals surface area contributed by atoms with E-state index in [2.05, 4.69) is 5.32 Å². The van der Waals surface area contributed by atoms with E-state index in [0.717, 1.165) is 43.1 Å². The van der Waals surface area contributed by atoms with Crippen molar-refractivity contribution in [2.45, 2.75) is 96.4 Å². The third-order valence-electron chi connectivity index (χ3n) is 6.67. The lowest BCUT2D eigenvalue weighted by Gasteiger charge is -2.32. The Kier molecular flexibility index (Phi) is 6.24. The molecule has 0 unspecified atom stereocenters. The molecular formula is C22H35BN2O5. The van der Waals surface area contributed by atoms with Crippen LogP contribution in [0.3, 0.4) is 0 Å². The van der Waals surface area contributed by atoms with Gasteiger partial charge in [-0.1, -0.05) is 25.3 Å². The summed E-state index contributed by atoms with van der Waals surface area (Å²) in [5.74, 6) is 0.0945. The molecule has 166 valence electrons. The molecule has 2 aliphatic rings. The van der Waals surface area contributed by atoms with E-state index in [1.165, 1.54) is 0 Å². The first-order valence-electron chi connectivity index (χ1n) is 11.0. The molecular weight excluding hydrogens is 383 g/mol. The van der Waals surface area contributed by atoms with Crippen LogP contribution in [0.4, 0.5) is 11.4 Å². The number of hydrogen-bond acceptors (Lipinski definition) is 6. The molecule has 3 rings (SSSR count). The molecule has 0 bridgehead atoms. The maximum atomic E-state index is 12.3. The van der Waals surface area contributed by atoms with Crippen molar-refractivity contribution in [1.82, 2.24) is 0 Å². The van der Waals surface area contributed by atoms with E-state index in [9.17, 15) is 15.2 Å². The van der Waals surface area contributed by atoms with Gasteiger partial charge in [-0.3, -0.25) is 10.1 Å². The average Bonchev–Trinajstić information content (AvgIpc) is 2.86. The van der Waals surface area contributed by atoms with Crippen molar-refractivity contribution >= 4 is 24.0 Å². The number of nitrogens with one attached hydrogen (secondary N) is 1. The van der Waals surface area contributed by atoms with E-state index in [1.807, 2.05) is 33.8 Å². The van der Waals surface area contributed by atoms with Gasteiger partial charge in [-0.25, -0.2) is 0 Å². The summed E-state index contributed by atoms with van der Waals surface area (Å²) < 4.78 is 12.5. The first-order chi connectivity index (χ1) is 13.8. The summed E-state index contributed by atoms with van der Waals surface area (Å²) in [4.78, 5) is 12.0. The Bertz CT molecular complexity index is 781. The predicted octanol–water partition coefficient (Wildman–Crippen LogP) is 4.12. The Labute approximate surface area is 179 Å². The van der Waals surface area contributed by atoms with E-state index in [-0.39, 0.29) is 23.1 Å². The third-order valence-corrected chi connectivity index (χ3v) is 6.67. The minimum absolute atomic E-state index is 0.0818. The SMILES string of the molecule is CC(C)(O)CNc1ccc(B2OC(C)(C)C(C)(C)O2)c(C2CCCCC2)c1[N+](=O)[O-]. The Morgan fingerprint density at radius 2 is 1.73 bits per heavy atom. The number of nitro benzene ring substituents is 1. The summed E-state index contributed by atoms with van der Waals surface area (Å²) in [6, 6.07) is 3.61. The molecule has 1 aliphatic heterocycles.